The zero-order chi connectivity index (χ0) is 7.68. The zero-order valence-electron chi connectivity index (χ0n) is 5.77. The third-order valence-corrected chi connectivity index (χ3v) is 1.60. The summed E-state index contributed by atoms with van der Waals surface area (Å²) >= 11 is 0. The number of nitriles is 1. The van der Waals surface area contributed by atoms with Gasteiger partial charge in [-0.05, 0) is 12.1 Å². The Morgan fingerprint density at radius 3 is 3.00 bits per heavy atom. The molecule has 1 aliphatic rings. The van der Waals surface area contributed by atoms with Crippen LogP contribution < -0.4 is 0 Å². The molecule has 0 bridgehead atoms. The van der Waals surface area contributed by atoms with Crippen molar-refractivity contribution in [2.75, 3.05) is 0 Å². The van der Waals surface area contributed by atoms with Crippen molar-refractivity contribution in [2.24, 2.45) is 0 Å². The normalized spacial score (nSPS) is 27.5. The molecule has 1 aliphatic heterocycles. The van der Waals surface area contributed by atoms with Crippen molar-refractivity contribution in [1.29, 1.82) is 5.26 Å². The number of ether oxygens (including phenoxy) is 1. The van der Waals surface area contributed by atoms with Crippen molar-refractivity contribution in [3.05, 3.63) is 30.1 Å². The predicted octanol–water partition coefficient (Wildman–Crippen LogP) is 1.05. The van der Waals surface area contributed by atoms with Crippen molar-refractivity contribution < 1.29 is 4.74 Å². The fourth-order valence-electron chi connectivity index (χ4n) is 0.980. The number of hydrogen-bond acceptors (Lipinski definition) is 3. The molecule has 1 fully saturated rings. The summed E-state index contributed by atoms with van der Waals surface area (Å²) in [5.41, 5.74) is 0.846. The molecule has 0 spiro atoms. The number of rotatable bonds is 1. The largest absolute Gasteiger partial charge is 0.347 e. The number of aromatic nitrogens is 1. The van der Waals surface area contributed by atoms with Crippen LogP contribution in [0.25, 0.3) is 0 Å². The molecule has 0 saturated carbocycles. The standard InChI is InChI=1S/C8H6N2O/c9-5-7-8(11-7)6-3-1-2-4-10-6/h1-4,7-8H. The van der Waals surface area contributed by atoms with E-state index in [1.165, 1.54) is 0 Å². The molecule has 2 unspecified atom stereocenters. The van der Waals surface area contributed by atoms with Crippen LogP contribution in [0.4, 0.5) is 0 Å². The van der Waals surface area contributed by atoms with Gasteiger partial charge >= 0.3 is 0 Å². The van der Waals surface area contributed by atoms with Crippen LogP contribution >= 0.6 is 0 Å². The summed E-state index contributed by atoms with van der Waals surface area (Å²) in [5, 5.41) is 8.43. The highest BCUT2D eigenvalue weighted by atomic mass is 16.6. The summed E-state index contributed by atoms with van der Waals surface area (Å²) in [5.74, 6) is 0. The fourth-order valence-corrected chi connectivity index (χ4v) is 0.980. The molecule has 1 saturated heterocycles. The van der Waals surface area contributed by atoms with Crippen molar-refractivity contribution >= 4 is 0 Å². The van der Waals surface area contributed by atoms with Gasteiger partial charge in [0.15, 0.2) is 6.10 Å². The summed E-state index contributed by atoms with van der Waals surface area (Å²) in [4.78, 5) is 4.06. The molecule has 0 aromatic carbocycles. The molecule has 54 valence electrons. The van der Waals surface area contributed by atoms with Crippen LogP contribution in [0, 0.1) is 11.3 Å². The van der Waals surface area contributed by atoms with Crippen LogP contribution in [-0.4, -0.2) is 11.1 Å². The minimum Gasteiger partial charge on any atom is -0.347 e. The SMILES string of the molecule is N#CC1OC1c1ccccn1. The first-order chi connectivity index (χ1) is 5.42. The van der Waals surface area contributed by atoms with Crippen molar-refractivity contribution in [2.45, 2.75) is 12.2 Å². The van der Waals surface area contributed by atoms with E-state index < -0.39 is 0 Å². The van der Waals surface area contributed by atoms with E-state index in [9.17, 15) is 0 Å². The van der Waals surface area contributed by atoms with Crippen LogP contribution in [0.5, 0.6) is 0 Å². The van der Waals surface area contributed by atoms with Gasteiger partial charge in [-0.2, -0.15) is 5.26 Å². The first kappa shape index (κ1) is 6.32. The lowest BCUT2D eigenvalue weighted by Crippen LogP contribution is -1.87. The topological polar surface area (TPSA) is 49.2 Å². The molecule has 1 aromatic heterocycles. The molecule has 0 aliphatic carbocycles. The third-order valence-electron chi connectivity index (χ3n) is 1.60. The Morgan fingerprint density at radius 2 is 2.45 bits per heavy atom. The fraction of sp³-hybridized carbons (Fsp3) is 0.250. The number of epoxide rings is 1. The average molecular weight is 146 g/mol. The van der Waals surface area contributed by atoms with E-state index in [-0.39, 0.29) is 12.2 Å². The Labute approximate surface area is 64.2 Å². The summed E-state index contributed by atoms with van der Waals surface area (Å²) in [6.45, 7) is 0. The molecule has 2 rings (SSSR count). The minimum absolute atomic E-state index is 0.0822. The molecular weight excluding hydrogens is 140 g/mol. The summed E-state index contributed by atoms with van der Waals surface area (Å²) in [6.07, 6.45) is 1.34. The molecule has 11 heavy (non-hydrogen) atoms. The Balaban J connectivity index is 2.16. The van der Waals surface area contributed by atoms with Crippen molar-refractivity contribution in [3.63, 3.8) is 0 Å². The molecule has 1 aromatic rings. The van der Waals surface area contributed by atoms with Gasteiger partial charge in [-0.1, -0.05) is 6.07 Å². The predicted molar refractivity (Wildman–Crippen MR) is 37.5 cm³/mol. The second-order valence-corrected chi connectivity index (χ2v) is 2.36. The van der Waals surface area contributed by atoms with Crippen LogP contribution in [0.15, 0.2) is 24.4 Å². The second-order valence-electron chi connectivity index (χ2n) is 2.36. The number of hydrogen-bond donors (Lipinski definition) is 0. The van der Waals surface area contributed by atoms with Gasteiger partial charge in [-0.3, -0.25) is 4.98 Å². The summed E-state index contributed by atoms with van der Waals surface area (Å²) < 4.78 is 5.03. The molecule has 0 N–H and O–H groups in total. The average Bonchev–Trinajstić information content (AvgIpc) is 2.85. The van der Waals surface area contributed by atoms with E-state index in [0.29, 0.717) is 0 Å². The highest BCUT2D eigenvalue weighted by molar-refractivity contribution is 5.18. The van der Waals surface area contributed by atoms with Crippen LogP contribution in [-0.2, 0) is 4.74 Å². The summed E-state index contributed by atoms with van der Waals surface area (Å²) in [6, 6.07) is 7.62. The zero-order valence-corrected chi connectivity index (χ0v) is 5.77. The van der Waals surface area contributed by atoms with Gasteiger partial charge in [0.2, 0.25) is 0 Å². The molecule has 2 heterocycles. The van der Waals surface area contributed by atoms with Gasteiger partial charge in [0.25, 0.3) is 0 Å². The quantitative estimate of drug-likeness (QED) is 0.556. The maximum Gasteiger partial charge on any atom is 0.176 e. The Morgan fingerprint density at radius 1 is 1.55 bits per heavy atom. The number of nitrogens with zero attached hydrogens (tertiary/aromatic N) is 2. The third kappa shape index (κ3) is 1.08. The van der Waals surface area contributed by atoms with E-state index in [1.807, 2.05) is 24.3 Å². The Kier molecular flexibility index (Phi) is 1.34. The van der Waals surface area contributed by atoms with Gasteiger partial charge in [-0.25, -0.2) is 0 Å². The van der Waals surface area contributed by atoms with Crippen LogP contribution in [0.1, 0.15) is 11.8 Å². The first-order valence-electron chi connectivity index (χ1n) is 3.38. The Hall–Kier alpha value is -1.40. The number of pyridine rings is 1. The lowest BCUT2D eigenvalue weighted by molar-refractivity contribution is 0.393. The first-order valence-corrected chi connectivity index (χ1v) is 3.38. The molecule has 2 atom stereocenters. The van der Waals surface area contributed by atoms with Gasteiger partial charge in [0.05, 0.1) is 11.8 Å². The van der Waals surface area contributed by atoms with Gasteiger partial charge in [0.1, 0.15) is 6.10 Å². The maximum absolute atomic E-state index is 8.43. The minimum atomic E-state index is -0.273. The second kappa shape index (κ2) is 2.33. The molecule has 0 amide bonds. The highest BCUT2D eigenvalue weighted by Crippen LogP contribution is 2.36. The lowest BCUT2D eigenvalue weighted by Gasteiger charge is -1.89. The van der Waals surface area contributed by atoms with E-state index in [4.69, 9.17) is 10.00 Å². The van der Waals surface area contributed by atoms with E-state index in [2.05, 4.69) is 4.98 Å². The Bertz CT molecular complexity index is 291. The van der Waals surface area contributed by atoms with Gasteiger partial charge in [-0.15, -0.1) is 0 Å². The van der Waals surface area contributed by atoms with Crippen molar-refractivity contribution in [3.8, 4) is 6.07 Å². The van der Waals surface area contributed by atoms with Gasteiger partial charge < -0.3 is 4.74 Å². The van der Waals surface area contributed by atoms with Crippen LogP contribution in [0.2, 0.25) is 0 Å². The summed E-state index contributed by atoms with van der Waals surface area (Å²) in [7, 11) is 0. The van der Waals surface area contributed by atoms with E-state index in [1.54, 1.807) is 6.20 Å². The maximum atomic E-state index is 8.43. The van der Waals surface area contributed by atoms with Gasteiger partial charge in [0, 0.05) is 6.20 Å². The smallest absolute Gasteiger partial charge is 0.176 e. The lowest BCUT2D eigenvalue weighted by atomic mass is 10.2. The molecular formula is C8H6N2O. The van der Waals surface area contributed by atoms with Crippen LogP contribution in [0.3, 0.4) is 0 Å². The highest BCUT2D eigenvalue weighted by Gasteiger charge is 2.41. The van der Waals surface area contributed by atoms with Crippen molar-refractivity contribution in [1.82, 2.24) is 4.98 Å². The molecule has 3 heteroatoms. The monoisotopic (exact) mass is 146 g/mol. The van der Waals surface area contributed by atoms with E-state index >= 15 is 0 Å². The molecule has 0 radical (unpaired) electrons. The molecule has 3 nitrogen and oxygen atoms in total. The van der Waals surface area contributed by atoms with E-state index in [0.717, 1.165) is 5.69 Å².